The Morgan fingerprint density at radius 2 is 1.84 bits per heavy atom. The van der Waals surface area contributed by atoms with Crippen molar-refractivity contribution in [1.82, 2.24) is 10.2 Å². The number of likely N-dealkylation sites (tertiary alicyclic amines) is 1. The number of piperidine rings is 1. The number of anilines is 1. The standard InChI is InChI=1S/C24H27N3O3S2/c1-18-5-2-6-19(15-18)17-27-12-10-21(11-13-27)25-24(28)20-7-3-8-22(16-20)26-32(29,30)23-9-4-14-31-23/h2-9,14-16,21,26H,10-13,17H2,1H3,(H,25,28). The van der Waals surface area contributed by atoms with Gasteiger partial charge in [0.25, 0.3) is 15.9 Å². The highest BCUT2D eigenvalue weighted by Crippen LogP contribution is 2.21. The first-order chi connectivity index (χ1) is 15.4. The summed E-state index contributed by atoms with van der Waals surface area (Å²) in [7, 11) is -3.64. The first-order valence-electron chi connectivity index (χ1n) is 10.6. The van der Waals surface area contributed by atoms with Gasteiger partial charge in [0, 0.05) is 36.9 Å². The van der Waals surface area contributed by atoms with Crippen LogP contribution in [0, 0.1) is 6.92 Å². The number of aryl methyl sites for hydroxylation is 1. The molecule has 0 aliphatic carbocycles. The second kappa shape index (κ2) is 9.85. The van der Waals surface area contributed by atoms with Crippen molar-refractivity contribution in [2.24, 2.45) is 0 Å². The molecule has 2 heterocycles. The number of carbonyl (C=O) groups is 1. The Kier molecular flexibility index (Phi) is 6.93. The molecule has 1 saturated heterocycles. The van der Waals surface area contributed by atoms with Crippen molar-refractivity contribution < 1.29 is 13.2 Å². The Bertz CT molecular complexity index is 1170. The molecule has 1 amide bonds. The summed E-state index contributed by atoms with van der Waals surface area (Å²) in [5.74, 6) is -0.181. The van der Waals surface area contributed by atoms with E-state index in [1.807, 2.05) is 0 Å². The number of nitrogens with one attached hydrogen (secondary N) is 2. The third-order valence-electron chi connectivity index (χ3n) is 5.55. The minimum Gasteiger partial charge on any atom is -0.349 e. The van der Waals surface area contributed by atoms with Gasteiger partial charge in [-0.3, -0.25) is 14.4 Å². The molecule has 8 heteroatoms. The fourth-order valence-electron chi connectivity index (χ4n) is 3.92. The molecular weight excluding hydrogens is 442 g/mol. The summed E-state index contributed by atoms with van der Waals surface area (Å²) in [6.07, 6.45) is 1.78. The Labute approximate surface area is 193 Å². The van der Waals surface area contributed by atoms with Gasteiger partial charge in [-0.25, -0.2) is 8.42 Å². The van der Waals surface area contributed by atoms with Crippen LogP contribution in [0.3, 0.4) is 0 Å². The molecule has 0 unspecified atom stereocenters. The number of thiophene rings is 1. The minimum atomic E-state index is -3.64. The van der Waals surface area contributed by atoms with Crippen molar-refractivity contribution in [3.63, 3.8) is 0 Å². The fourth-order valence-corrected chi connectivity index (χ4v) is 5.96. The molecule has 32 heavy (non-hydrogen) atoms. The van der Waals surface area contributed by atoms with Gasteiger partial charge in [0.2, 0.25) is 0 Å². The number of amides is 1. The fraction of sp³-hybridized carbons (Fsp3) is 0.292. The summed E-state index contributed by atoms with van der Waals surface area (Å²) in [6.45, 7) is 4.89. The van der Waals surface area contributed by atoms with Crippen LogP contribution in [0.4, 0.5) is 5.69 Å². The van der Waals surface area contributed by atoms with Crippen molar-refractivity contribution in [3.8, 4) is 0 Å². The van der Waals surface area contributed by atoms with Crippen LogP contribution in [0.1, 0.15) is 34.3 Å². The van der Waals surface area contributed by atoms with Crippen LogP contribution in [0.25, 0.3) is 0 Å². The largest absolute Gasteiger partial charge is 0.349 e. The average molecular weight is 470 g/mol. The minimum absolute atomic E-state index is 0.114. The van der Waals surface area contributed by atoms with E-state index in [9.17, 15) is 13.2 Å². The second-order valence-electron chi connectivity index (χ2n) is 8.13. The summed E-state index contributed by atoms with van der Waals surface area (Å²) in [5, 5.41) is 4.82. The first kappa shape index (κ1) is 22.5. The van der Waals surface area contributed by atoms with E-state index < -0.39 is 10.0 Å². The van der Waals surface area contributed by atoms with Gasteiger partial charge in [-0.15, -0.1) is 11.3 Å². The van der Waals surface area contributed by atoms with Crippen molar-refractivity contribution in [2.45, 2.75) is 36.6 Å². The molecule has 1 fully saturated rings. The molecule has 1 aliphatic rings. The van der Waals surface area contributed by atoms with Gasteiger partial charge in [-0.05, 0) is 55.0 Å². The molecule has 2 aromatic carbocycles. The summed E-state index contributed by atoms with van der Waals surface area (Å²) in [5.41, 5.74) is 3.40. The topological polar surface area (TPSA) is 78.5 Å². The smallest absolute Gasteiger partial charge is 0.271 e. The van der Waals surface area contributed by atoms with Crippen LogP contribution >= 0.6 is 11.3 Å². The SMILES string of the molecule is Cc1cccc(CN2CCC(NC(=O)c3cccc(NS(=O)(=O)c4cccs4)c3)CC2)c1. The van der Waals surface area contributed by atoms with E-state index in [-0.39, 0.29) is 16.2 Å². The molecule has 4 rings (SSSR count). The van der Waals surface area contributed by atoms with Gasteiger partial charge in [0.15, 0.2) is 0 Å². The summed E-state index contributed by atoms with van der Waals surface area (Å²) in [4.78, 5) is 15.2. The third-order valence-corrected chi connectivity index (χ3v) is 8.33. The summed E-state index contributed by atoms with van der Waals surface area (Å²) >= 11 is 1.15. The quantitative estimate of drug-likeness (QED) is 0.542. The highest BCUT2D eigenvalue weighted by atomic mass is 32.2. The zero-order chi connectivity index (χ0) is 22.6. The molecule has 1 aliphatic heterocycles. The summed E-state index contributed by atoms with van der Waals surface area (Å²) in [6, 6.07) is 18.5. The zero-order valence-electron chi connectivity index (χ0n) is 18.0. The number of hydrogen-bond acceptors (Lipinski definition) is 5. The molecule has 2 N–H and O–H groups in total. The van der Waals surface area contributed by atoms with Gasteiger partial charge in [-0.1, -0.05) is 42.0 Å². The maximum Gasteiger partial charge on any atom is 0.271 e. The molecule has 0 bridgehead atoms. The number of rotatable bonds is 7. The van der Waals surface area contributed by atoms with E-state index in [2.05, 4.69) is 46.1 Å². The van der Waals surface area contributed by atoms with Crippen molar-refractivity contribution in [2.75, 3.05) is 17.8 Å². The molecule has 1 aromatic heterocycles. The van der Waals surface area contributed by atoms with Crippen LogP contribution in [0.2, 0.25) is 0 Å². The highest BCUT2D eigenvalue weighted by Gasteiger charge is 2.22. The molecule has 0 spiro atoms. The van der Waals surface area contributed by atoms with Crippen molar-refractivity contribution in [3.05, 3.63) is 82.7 Å². The lowest BCUT2D eigenvalue weighted by atomic mass is 10.0. The third kappa shape index (κ3) is 5.76. The number of nitrogens with zero attached hydrogens (tertiary/aromatic N) is 1. The van der Waals surface area contributed by atoms with E-state index in [0.29, 0.717) is 11.3 Å². The predicted octanol–water partition coefficient (Wildman–Crippen LogP) is 4.25. The predicted molar refractivity (Wildman–Crippen MR) is 129 cm³/mol. The van der Waals surface area contributed by atoms with Crippen molar-refractivity contribution in [1.29, 1.82) is 0 Å². The summed E-state index contributed by atoms with van der Waals surface area (Å²) < 4.78 is 27.7. The van der Waals surface area contributed by atoms with Gasteiger partial charge >= 0.3 is 0 Å². The lowest BCUT2D eigenvalue weighted by Gasteiger charge is -2.32. The van der Waals surface area contributed by atoms with E-state index in [0.717, 1.165) is 43.8 Å². The number of carbonyl (C=O) groups excluding carboxylic acids is 1. The number of benzene rings is 2. The van der Waals surface area contributed by atoms with E-state index >= 15 is 0 Å². The highest BCUT2D eigenvalue weighted by molar-refractivity contribution is 7.94. The molecule has 0 radical (unpaired) electrons. The maximum atomic E-state index is 12.8. The maximum absolute atomic E-state index is 12.8. The Hall–Kier alpha value is -2.68. The van der Waals surface area contributed by atoms with Crippen LogP contribution in [0.15, 0.2) is 70.3 Å². The van der Waals surface area contributed by atoms with Crippen LogP contribution in [0.5, 0.6) is 0 Å². The normalized spacial score (nSPS) is 15.4. The second-order valence-corrected chi connectivity index (χ2v) is 11.0. The lowest BCUT2D eigenvalue weighted by Crippen LogP contribution is -2.44. The number of sulfonamides is 1. The Balaban J connectivity index is 1.31. The van der Waals surface area contributed by atoms with E-state index in [1.54, 1.807) is 41.8 Å². The Morgan fingerprint density at radius 1 is 1.06 bits per heavy atom. The van der Waals surface area contributed by atoms with Crippen LogP contribution in [-0.2, 0) is 16.6 Å². The number of hydrogen-bond donors (Lipinski definition) is 2. The molecule has 3 aromatic rings. The van der Waals surface area contributed by atoms with E-state index in [1.165, 1.54) is 11.1 Å². The zero-order valence-corrected chi connectivity index (χ0v) is 19.6. The monoisotopic (exact) mass is 469 g/mol. The molecular formula is C24H27N3O3S2. The van der Waals surface area contributed by atoms with E-state index in [4.69, 9.17) is 0 Å². The molecule has 0 saturated carbocycles. The van der Waals surface area contributed by atoms with Crippen molar-refractivity contribution >= 4 is 33.0 Å². The Morgan fingerprint density at radius 3 is 2.56 bits per heavy atom. The van der Waals surface area contributed by atoms with Crippen LogP contribution < -0.4 is 10.0 Å². The van der Waals surface area contributed by atoms with Gasteiger partial charge < -0.3 is 5.32 Å². The van der Waals surface area contributed by atoms with Gasteiger partial charge in [-0.2, -0.15) is 0 Å². The van der Waals surface area contributed by atoms with Crippen LogP contribution in [-0.4, -0.2) is 38.4 Å². The first-order valence-corrected chi connectivity index (χ1v) is 13.0. The van der Waals surface area contributed by atoms with Gasteiger partial charge in [0.1, 0.15) is 4.21 Å². The van der Waals surface area contributed by atoms with Gasteiger partial charge in [0.05, 0.1) is 0 Å². The lowest BCUT2D eigenvalue weighted by molar-refractivity contribution is 0.0909. The molecule has 0 atom stereocenters. The molecule has 168 valence electrons. The average Bonchev–Trinajstić information content (AvgIpc) is 3.31. The molecule has 6 nitrogen and oxygen atoms in total.